The van der Waals surface area contributed by atoms with Crippen molar-refractivity contribution >= 4 is 37.5 Å². The minimum Gasteiger partial charge on any atom is -0.355 e. The van der Waals surface area contributed by atoms with Crippen LogP contribution in [0.5, 0.6) is 0 Å². The number of benzene rings is 2. The van der Waals surface area contributed by atoms with Crippen molar-refractivity contribution in [2.75, 3.05) is 23.7 Å². The zero-order chi connectivity index (χ0) is 19.2. The van der Waals surface area contributed by atoms with Gasteiger partial charge in [-0.25, -0.2) is 8.42 Å². The van der Waals surface area contributed by atoms with Crippen LogP contribution in [0.25, 0.3) is 0 Å². The first-order chi connectivity index (χ1) is 12.3. The first kappa shape index (κ1) is 20.5. The van der Waals surface area contributed by atoms with Crippen molar-refractivity contribution in [3.05, 3.63) is 64.1 Å². The second kappa shape index (κ2) is 9.19. The van der Waals surface area contributed by atoms with E-state index in [1.807, 2.05) is 19.1 Å². The van der Waals surface area contributed by atoms with E-state index < -0.39 is 10.0 Å². The smallest absolute Gasteiger partial charge is 0.240 e. The number of anilines is 1. The van der Waals surface area contributed by atoms with Gasteiger partial charge in [0.25, 0.3) is 0 Å². The number of nitrogens with one attached hydrogen (secondary N) is 1. The van der Waals surface area contributed by atoms with Crippen LogP contribution in [-0.2, 0) is 21.2 Å². The molecule has 0 unspecified atom stereocenters. The molecule has 1 amide bonds. The molecule has 0 bridgehead atoms. The van der Waals surface area contributed by atoms with Gasteiger partial charge < -0.3 is 5.32 Å². The van der Waals surface area contributed by atoms with E-state index in [0.717, 1.165) is 27.9 Å². The van der Waals surface area contributed by atoms with Crippen molar-refractivity contribution in [1.82, 2.24) is 5.32 Å². The Labute approximate surface area is 163 Å². The minimum atomic E-state index is -3.55. The predicted octanol–water partition coefficient (Wildman–Crippen LogP) is 3.27. The lowest BCUT2D eigenvalue weighted by molar-refractivity contribution is -0.119. The standard InChI is InChI=1S/C19H23BrN2O3S/c1-15-5-3-6-16(13-15)7-4-12-21-19(23)14-22(26(2,24)25)18-10-8-17(20)9-11-18/h3,5-6,8-11,13H,4,7,12,14H2,1-2H3,(H,21,23). The predicted molar refractivity (Wildman–Crippen MR) is 109 cm³/mol. The van der Waals surface area contributed by atoms with Crippen molar-refractivity contribution in [2.45, 2.75) is 19.8 Å². The molecule has 0 atom stereocenters. The van der Waals surface area contributed by atoms with E-state index in [2.05, 4.69) is 33.4 Å². The van der Waals surface area contributed by atoms with Crippen molar-refractivity contribution in [3.63, 3.8) is 0 Å². The molecule has 26 heavy (non-hydrogen) atoms. The lowest BCUT2D eigenvalue weighted by Gasteiger charge is -2.22. The number of halogens is 1. The minimum absolute atomic E-state index is 0.231. The molecular weight excluding hydrogens is 416 g/mol. The summed E-state index contributed by atoms with van der Waals surface area (Å²) >= 11 is 3.31. The molecule has 7 heteroatoms. The van der Waals surface area contributed by atoms with Gasteiger partial charge in [0.1, 0.15) is 6.54 Å². The zero-order valence-corrected chi connectivity index (χ0v) is 17.3. The summed E-state index contributed by atoms with van der Waals surface area (Å²) < 4.78 is 26.0. The van der Waals surface area contributed by atoms with E-state index in [9.17, 15) is 13.2 Å². The average molecular weight is 439 g/mol. The number of hydrogen-bond donors (Lipinski definition) is 1. The van der Waals surface area contributed by atoms with E-state index in [0.29, 0.717) is 12.2 Å². The number of carbonyl (C=O) groups excluding carboxylic acids is 1. The van der Waals surface area contributed by atoms with Gasteiger partial charge in [-0.15, -0.1) is 0 Å². The molecule has 0 aliphatic carbocycles. The van der Waals surface area contributed by atoms with Crippen LogP contribution >= 0.6 is 15.9 Å². The number of aryl methyl sites for hydroxylation is 2. The largest absolute Gasteiger partial charge is 0.355 e. The van der Waals surface area contributed by atoms with Crippen LogP contribution in [0.4, 0.5) is 5.69 Å². The lowest BCUT2D eigenvalue weighted by Crippen LogP contribution is -2.40. The molecule has 0 aliphatic rings. The Morgan fingerprint density at radius 2 is 1.85 bits per heavy atom. The van der Waals surface area contributed by atoms with Gasteiger partial charge in [-0.2, -0.15) is 0 Å². The van der Waals surface area contributed by atoms with E-state index in [-0.39, 0.29) is 12.5 Å². The molecule has 2 rings (SSSR count). The topological polar surface area (TPSA) is 66.5 Å². The van der Waals surface area contributed by atoms with Gasteiger partial charge in [-0.05, 0) is 49.6 Å². The van der Waals surface area contributed by atoms with E-state index in [1.165, 1.54) is 11.1 Å². The third-order valence-corrected chi connectivity index (χ3v) is 5.52. The van der Waals surface area contributed by atoms with E-state index >= 15 is 0 Å². The zero-order valence-electron chi connectivity index (χ0n) is 14.9. The van der Waals surface area contributed by atoms with Crippen LogP contribution in [0.15, 0.2) is 53.0 Å². The number of amides is 1. The molecule has 0 aliphatic heterocycles. The third kappa shape index (κ3) is 6.46. The van der Waals surface area contributed by atoms with E-state index in [4.69, 9.17) is 0 Å². The third-order valence-electron chi connectivity index (χ3n) is 3.85. The number of nitrogens with zero attached hydrogens (tertiary/aromatic N) is 1. The molecule has 0 saturated heterocycles. The Balaban J connectivity index is 1.88. The second-order valence-corrected chi connectivity index (χ2v) is 9.01. The van der Waals surface area contributed by atoms with Crippen molar-refractivity contribution in [3.8, 4) is 0 Å². The number of sulfonamides is 1. The highest BCUT2D eigenvalue weighted by Gasteiger charge is 2.20. The molecule has 5 nitrogen and oxygen atoms in total. The molecule has 2 aromatic carbocycles. The summed E-state index contributed by atoms with van der Waals surface area (Å²) in [5, 5.41) is 2.80. The molecule has 0 spiro atoms. The molecule has 2 aromatic rings. The van der Waals surface area contributed by atoms with Crippen molar-refractivity contribution in [1.29, 1.82) is 0 Å². The van der Waals surface area contributed by atoms with Gasteiger partial charge in [0.15, 0.2) is 0 Å². The summed E-state index contributed by atoms with van der Waals surface area (Å²) in [5.41, 5.74) is 2.90. The first-order valence-electron chi connectivity index (χ1n) is 8.31. The molecule has 140 valence electrons. The molecule has 0 radical (unpaired) electrons. The van der Waals surface area contributed by atoms with Crippen LogP contribution in [0, 0.1) is 6.92 Å². The summed E-state index contributed by atoms with van der Waals surface area (Å²) in [6, 6.07) is 15.1. The Morgan fingerprint density at radius 3 is 2.46 bits per heavy atom. The SMILES string of the molecule is Cc1cccc(CCCNC(=O)CN(c2ccc(Br)cc2)S(C)(=O)=O)c1. The van der Waals surface area contributed by atoms with Crippen molar-refractivity contribution in [2.24, 2.45) is 0 Å². The van der Waals surface area contributed by atoms with Gasteiger partial charge in [0.05, 0.1) is 11.9 Å². The highest BCUT2D eigenvalue weighted by Crippen LogP contribution is 2.20. The van der Waals surface area contributed by atoms with Crippen LogP contribution in [0.1, 0.15) is 17.5 Å². The van der Waals surface area contributed by atoms with Gasteiger partial charge in [0.2, 0.25) is 15.9 Å². The summed E-state index contributed by atoms with van der Waals surface area (Å²) in [6.45, 7) is 2.32. The first-order valence-corrected chi connectivity index (χ1v) is 11.0. The van der Waals surface area contributed by atoms with Crippen LogP contribution in [-0.4, -0.2) is 33.7 Å². The highest BCUT2D eigenvalue weighted by molar-refractivity contribution is 9.10. The number of carbonyl (C=O) groups is 1. The Morgan fingerprint density at radius 1 is 1.15 bits per heavy atom. The maximum absolute atomic E-state index is 12.2. The summed E-state index contributed by atoms with van der Waals surface area (Å²) in [4.78, 5) is 12.2. The summed E-state index contributed by atoms with van der Waals surface area (Å²) in [6.07, 6.45) is 2.76. The van der Waals surface area contributed by atoms with Gasteiger partial charge in [-0.3, -0.25) is 9.10 Å². The molecule has 0 heterocycles. The number of rotatable bonds is 8. The molecule has 0 fully saturated rings. The summed E-state index contributed by atoms with van der Waals surface area (Å²) in [5.74, 6) is -0.317. The Kier molecular flexibility index (Phi) is 7.23. The fourth-order valence-corrected chi connectivity index (χ4v) is 3.70. The monoisotopic (exact) mass is 438 g/mol. The molecular formula is C19H23BrN2O3S. The maximum Gasteiger partial charge on any atom is 0.240 e. The quantitative estimate of drug-likeness (QED) is 0.643. The molecule has 0 saturated carbocycles. The van der Waals surface area contributed by atoms with E-state index in [1.54, 1.807) is 24.3 Å². The van der Waals surface area contributed by atoms with Crippen molar-refractivity contribution < 1.29 is 13.2 Å². The lowest BCUT2D eigenvalue weighted by atomic mass is 10.1. The molecule has 0 aromatic heterocycles. The average Bonchev–Trinajstić information content (AvgIpc) is 2.57. The maximum atomic E-state index is 12.2. The highest BCUT2D eigenvalue weighted by atomic mass is 79.9. The fraction of sp³-hybridized carbons (Fsp3) is 0.316. The van der Waals surface area contributed by atoms with Crippen LogP contribution < -0.4 is 9.62 Å². The Hall–Kier alpha value is -1.86. The van der Waals surface area contributed by atoms with Crippen LogP contribution in [0.3, 0.4) is 0 Å². The van der Waals surface area contributed by atoms with Crippen LogP contribution in [0.2, 0.25) is 0 Å². The second-order valence-electron chi connectivity index (χ2n) is 6.19. The van der Waals surface area contributed by atoms with Gasteiger partial charge >= 0.3 is 0 Å². The van der Waals surface area contributed by atoms with Gasteiger partial charge in [-0.1, -0.05) is 45.8 Å². The number of hydrogen-bond acceptors (Lipinski definition) is 3. The normalized spacial score (nSPS) is 11.2. The van der Waals surface area contributed by atoms with Gasteiger partial charge in [0, 0.05) is 11.0 Å². The Bertz CT molecular complexity index is 851. The fourth-order valence-electron chi connectivity index (χ4n) is 2.58. The summed E-state index contributed by atoms with van der Waals surface area (Å²) in [7, 11) is -3.55. The molecule has 1 N–H and O–H groups in total.